The van der Waals surface area contributed by atoms with Gasteiger partial charge in [-0.05, 0) is 51.4 Å². The fourth-order valence-electron chi connectivity index (χ4n) is 2.52. The summed E-state index contributed by atoms with van der Waals surface area (Å²) in [5.41, 5.74) is 0.179. The van der Waals surface area contributed by atoms with Gasteiger partial charge in [0.15, 0.2) is 0 Å². The molecule has 0 aliphatic carbocycles. The molecule has 1 saturated heterocycles. The molecule has 0 saturated carbocycles. The Morgan fingerprint density at radius 3 is 2.28 bits per heavy atom. The van der Waals surface area contributed by atoms with Gasteiger partial charge in [0.25, 0.3) is 0 Å². The van der Waals surface area contributed by atoms with Gasteiger partial charge in [-0.15, -0.1) is 0 Å². The van der Waals surface area contributed by atoms with Crippen molar-refractivity contribution in [3.05, 3.63) is 58.9 Å². The largest absolute Gasteiger partial charge is 0.494 e. The summed E-state index contributed by atoms with van der Waals surface area (Å²) in [4.78, 5) is 0. The lowest BCUT2D eigenvalue weighted by atomic mass is 9.79. The highest BCUT2D eigenvalue weighted by molar-refractivity contribution is 6.62. The van der Waals surface area contributed by atoms with Crippen LogP contribution in [0.25, 0.3) is 0 Å². The summed E-state index contributed by atoms with van der Waals surface area (Å²) in [7, 11) is -0.585. The fraction of sp³-hybridized carbons (Fsp3) is 0.368. The molecule has 0 radical (unpaired) electrons. The standard InChI is InChI=1S/C19H21BClFO3/c1-18(2)19(3,4)25-20(24-18)14-10-9-13(16(22)11-14)12-23-17-8-6-5-7-15(17)21/h5-11H,12H2,1-4H3. The molecule has 3 nitrogen and oxygen atoms in total. The molecule has 0 aromatic heterocycles. The Morgan fingerprint density at radius 2 is 1.68 bits per heavy atom. The van der Waals surface area contributed by atoms with Gasteiger partial charge in [0.2, 0.25) is 0 Å². The lowest BCUT2D eigenvalue weighted by molar-refractivity contribution is 0.00578. The number of rotatable bonds is 4. The minimum atomic E-state index is -0.585. The van der Waals surface area contributed by atoms with Crippen LogP contribution in [0.2, 0.25) is 5.02 Å². The van der Waals surface area contributed by atoms with E-state index in [1.165, 1.54) is 6.07 Å². The maximum atomic E-state index is 14.5. The van der Waals surface area contributed by atoms with Crippen molar-refractivity contribution in [3.63, 3.8) is 0 Å². The van der Waals surface area contributed by atoms with Crippen molar-refractivity contribution in [2.45, 2.75) is 45.5 Å². The molecule has 0 spiro atoms. The van der Waals surface area contributed by atoms with Crippen molar-refractivity contribution < 1.29 is 18.4 Å². The first kappa shape index (κ1) is 18.2. The molecule has 1 aliphatic rings. The number of hydrogen-bond acceptors (Lipinski definition) is 3. The van der Waals surface area contributed by atoms with Crippen LogP contribution < -0.4 is 10.2 Å². The molecular formula is C19H21BClFO3. The molecule has 2 aromatic rings. The lowest BCUT2D eigenvalue weighted by Gasteiger charge is -2.32. The van der Waals surface area contributed by atoms with Gasteiger partial charge in [-0.2, -0.15) is 0 Å². The lowest BCUT2D eigenvalue weighted by Crippen LogP contribution is -2.41. The highest BCUT2D eigenvalue weighted by Gasteiger charge is 2.51. The van der Waals surface area contributed by atoms with Crippen molar-refractivity contribution in [2.75, 3.05) is 0 Å². The van der Waals surface area contributed by atoms with Crippen LogP contribution in [0.3, 0.4) is 0 Å². The number of ether oxygens (including phenoxy) is 1. The van der Waals surface area contributed by atoms with Crippen LogP contribution in [0, 0.1) is 5.82 Å². The van der Waals surface area contributed by atoms with E-state index in [0.29, 0.717) is 21.8 Å². The quantitative estimate of drug-likeness (QED) is 0.757. The average molecular weight is 363 g/mol. The third-order valence-electron chi connectivity index (χ3n) is 4.82. The molecule has 1 aliphatic heterocycles. The van der Waals surface area contributed by atoms with Gasteiger partial charge in [0, 0.05) is 5.56 Å². The Kier molecular flexibility index (Phi) is 4.84. The van der Waals surface area contributed by atoms with Gasteiger partial charge >= 0.3 is 7.12 Å². The Bertz CT molecular complexity index is 763. The molecule has 25 heavy (non-hydrogen) atoms. The molecule has 0 atom stereocenters. The first-order chi connectivity index (χ1) is 11.7. The van der Waals surface area contributed by atoms with Crippen LogP contribution in [0.5, 0.6) is 5.75 Å². The van der Waals surface area contributed by atoms with E-state index in [9.17, 15) is 4.39 Å². The maximum Gasteiger partial charge on any atom is 0.494 e. The summed E-state index contributed by atoms with van der Waals surface area (Å²) < 4.78 is 32.0. The molecule has 1 heterocycles. The second-order valence-corrected chi connectivity index (χ2v) is 7.57. The second-order valence-electron chi connectivity index (χ2n) is 7.16. The minimum Gasteiger partial charge on any atom is -0.487 e. The molecule has 0 bridgehead atoms. The molecule has 0 unspecified atom stereocenters. The van der Waals surface area contributed by atoms with Gasteiger partial charge in [0.05, 0.1) is 16.2 Å². The van der Waals surface area contributed by atoms with E-state index >= 15 is 0 Å². The van der Waals surface area contributed by atoms with Crippen molar-refractivity contribution in [1.82, 2.24) is 0 Å². The number of halogens is 2. The summed E-state index contributed by atoms with van der Waals surface area (Å²) in [5, 5.41) is 0.497. The van der Waals surface area contributed by atoms with Crippen molar-refractivity contribution in [1.29, 1.82) is 0 Å². The molecule has 0 amide bonds. The van der Waals surface area contributed by atoms with Crippen molar-refractivity contribution >= 4 is 24.2 Å². The van der Waals surface area contributed by atoms with E-state index in [4.69, 9.17) is 25.6 Å². The van der Waals surface area contributed by atoms with Crippen LogP contribution in [-0.4, -0.2) is 18.3 Å². The van der Waals surface area contributed by atoms with Crippen LogP contribution in [0.4, 0.5) is 4.39 Å². The maximum absolute atomic E-state index is 14.5. The Hall–Kier alpha value is -1.56. The van der Waals surface area contributed by atoms with Crippen LogP contribution in [0.15, 0.2) is 42.5 Å². The van der Waals surface area contributed by atoms with E-state index in [1.807, 2.05) is 39.8 Å². The van der Waals surface area contributed by atoms with Gasteiger partial charge in [-0.3, -0.25) is 0 Å². The SMILES string of the molecule is CC1(C)OB(c2ccc(COc3ccccc3Cl)c(F)c2)OC1(C)C. The molecule has 6 heteroatoms. The zero-order chi connectivity index (χ0) is 18.2. The predicted octanol–water partition coefficient (Wildman–Crippen LogP) is 4.36. The summed E-state index contributed by atoms with van der Waals surface area (Å²) in [5.74, 6) is 0.165. The Balaban J connectivity index is 1.73. The Labute approximate surface area is 153 Å². The van der Waals surface area contributed by atoms with Crippen LogP contribution in [0.1, 0.15) is 33.3 Å². The van der Waals surface area contributed by atoms with E-state index in [0.717, 1.165) is 0 Å². The Morgan fingerprint density at radius 1 is 1.04 bits per heavy atom. The topological polar surface area (TPSA) is 27.7 Å². The molecule has 0 N–H and O–H groups in total. The highest BCUT2D eigenvalue weighted by Crippen LogP contribution is 2.36. The summed E-state index contributed by atoms with van der Waals surface area (Å²) >= 11 is 6.04. The molecule has 3 rings (SSSR count). The summed E-state index contributed by atoms with van der Waals surface area (Å²) in [6.45, 7) is 7.97. The average Bonchev–Trinajstić information content (AvgIpc) is 2.75. The summed E-state index contributed by atoms with van der Waals surface area (Å²) in [6, 6.07) is 12.0. The van der Waals surface area contributed by atoms with Crippen molar-refractivity contribution in [3.8, 4) is 5.75 Å². The zero-order valence-electron chi connectivity index (χ0n) is 14.8. The number of benzene rings is 2. The molecular weight excluding hydrogens is 341 g/mol. The fourth-order valence-corrected chi connectivity index (χ4v) is 2.71. The first-order valence-electron chi connectivity index (χ1n) is 8.21. The van der Waals surface area contributed by atoms with Crippen molar-refractivity contribution in [2.24, 2.45) is 0 Å². The normalized spacial score (nSPS) is 18.4. The third kappa shape index (κ3) is 3.69. The third-order valence-corrected chi connectivity index (χ3v) is 5.13. The minimum absolute atomic E-state index is 0.0964. The summed E-state index contributed by atoms with van der Waals surface area (Å²) in [6.07, 6.45) is 0. The van der Waals surface area contributed by atoms with Gasteiger partial charge in [0.1, 0.15) is 18.2 Å². The highest BCUT2D eigenvalue weighted by atomic mass is 35.5. The van der Waals surface area contributed by atoms with E-state index in [2.05, 4.69) is 0 Å². The van der Waals surface area contributed by atoms with Gasteiger partial charge in [-0.1, -0.05) is 35.9 Å². The van der Waals surface area contributed by atoms with E-state index in [1.54, 1.807) is 24.3 Å². The number of hydrogen-bond donors (Lipinski definition) is 0. The number of para-hydroxylation sites is 1. The second kappa shape index (κ2) is 6.63. The van der Waals surface area contributed by atoms with Gasteiger partial charge < -0.3 is 14.0 Å². The molecule has 2 aromatic carbocycles. The van der Waals surface area contributed by atoms with E-state index in [-0.39, 0.29) is 12.4 Å². The molecule has 132 valence electrons. The van der Waals surface area contributed by atoms with Gasteiger partial charge in [-0.25, -0.2) is 4.39 Å². The monoisotopic (exact) mass is 362 g/mol. The zero-order valence-corrected chi connectivity index (χ0v) is 15.6. The molecule has 1 fully saturated rings. The predicted molar refractivity (Wildman–Crippen MR) is 97.9 cm³/mol. The first-order valence-corrected chi connectivity index (χ1v) is 8.59. The van der Waals surface area contributed by atoms with Crippen LogP contribution >= 0.6 is 11.6 Å². The van der Waals surface area contributed by atoms with E-state index < -0.39 is 18.3 Å². The van der Waals surface area contributed by atoms with Crippen LogP contribution in [-0.2, 0) is 15.9 Å². The smallest absolute Gasteiger partial charge is 0.487 e.